The molecule has 0 spiro atoms. The molecule has 0 atom stereocenters. The zero-order valence-electron chi connectivity index (χ0n) is 8.14. The zero-order valence-corrected chi connectivity index (χ0v) is 8.14. The zero-order chi connectivity index (χ0) is 10.7. The minimum atomic E-state index is -1.62. The molecule has 0 radical (unpaired) electrons. The molecular weight excluding hydrogens is 181 g/mol. The van der Waals surface area contributed by atoms with Crippen LogP contribution in [-0.4, -0.2) is 37.5 Å². The van der Waals surface area contributed by atoms with Gasteiger partial charge in [0.1, 0.15) is 6.29 Å². The molecule has 0 fully saturated rings. The van der Waals surface area contributed by atoms with E-state index in [1.54, 1.807) is 18.2 Å². The molecule has 4 nitrogen and oxygen atoms in total. The second-order valence-corrected chi connectivity index (χ2v) is 3.20. The summed E-state index contributed by atoms with van der Waals surface area (Å²) in [6, 6.07) is 4.89. The van der Waals surface area contributed by atoms with Gasteiger partial charge >= 0.3 is 7.12 Å². The van der Waals surface area contributed by atoms with Crippen molar-refractivity contribution in [1.29, 1.82) is 0 Å². The Morgan fingerprint density at radius 1 is 1.36 bits per heavy atom. The van der Waals surface area contributed by atoms with E-state index in [0.717, 1.165) is 5.69 Å². The molecule has 0 saturated carbocycles. The molecule has 0 aliphatic carbocycles. The Kier molecular flexibility index (Phi) is 3.27. The summed E-state index contributed by atoms with van der Waals surface area (Å²) in [7, 11) is 2.06. The number of rotatable bonds is 3. The highest BCUT2D eigenvalue weighted by atomic mass is 16.4. The number of anilines is 1. The lowest BCUT2D eigenvalue weighted by Gasteiger charge is -2.14. The highest BCUT2D eigenvalue weighted by Gasteiger charge is 2.16. The average molecular weight is 193 g/mol. The summed E-state index contributed by atoms with van der Waals surface area (Å²) in [6.07, 6.45) is 0.605. The molecule has 1 rings (SSSR count). The normalized spacial score (nSPS) is 9.71. The Balaban J connectivity index is 3.20. The largest absolute Gasteiger partial charge is 0.489 e. The second-order valence-electron chi connectivity index (χ2n) is 3.20. The second kappa shape index (κ2) is 4.26. The molecule has 74 valence electrons. The van der Waals surface area contributed by atoms with E-state index < -0.39 is 7.12 Å². The van der Waals surface area contributed by atoms with Gasteiger partial charge in [0.15, 0.2) is 0 Å². The standard InChI is InChI=1S/C9H12BNO3/c1-11(2)8-4-3-7(6-12)9(5-8)10(13)14/h3-6,13-14H,1-2H3. The van der Waals surface area contributed by atoms with E-state index >= 15 is 0 Å². The first-order valence-corrected chi connectivity index (χ1v) is 4.19. The van der Waals surface area contributed by atoms with Gasteiger partial charge in [0.2, 0.25) is 0 Å². The highest BCUT2D eigenvalue weighted by Crippen LogP contribution is 2.09. The van der Waals surface area contributed by atoms with Crippen LogP contribution in [0.25, 0.3) is 0 Å². The minimum absolute atomic E-state index is 0.228. The fourth-order valence-electron chi connectivity index (χ4n) is 1.17. The minimum Gasteiger partial charge on any atom is -0.423 e. The number of hydrogen-bond acceptors (Lipinski definition) is 4. The first-order chi connectivity index (χ1) is 6.56. The quantitative estimate of drug-likeness (QED) is 0.489. The van der Waals surface area contributed by atoms with Crippen LogP contribution >= 0.6 is 0 Å². The maximum absolute atomic E-state index is 10.6. The van der Waals surface area contributed by atoms with Crippen molar-refractivity contribution in [3.05, 3.63) is 23.8 Å². The van der Waals surface area contributed by atoms with Crippen LogP contribution in [-0.2, 0) is 0 Å². The molecule has 1 aromatic rings. The van der Waals surface area contributed by atoms with Crippen molar-refractivity contribution in [3.8, 4) is 0 Å². The van der Waals surface area contributed by atoms with Crippen LogP contribution < -0.4 is 10.4 Å². The Morgan fingerprint density at radius 3 is 2.43 bits per heavy atom. The Labute approximate surface area is 82.9 Å². The summed E-state index contributed by atoms with van der Waals surface area (Å²) >= 11 is 0. The molecule has 0 unspecified atom stereocenters. The molecule has 2 N–H and O–H groups in total. The van der Waals surface area contributed by atoms with Crippen molar-refractivity contribution in [2.24, 2.45) is 0 Å². The van der Waals surface area contributed by atoms with Crippen molar-refractivity contribution in [1.82, 2.24) is 0 Å². The van der Waals surface area contributed by atoms with Crippen LogP contribution in [0.5, 0.6) is 0 Å². The van der Waals surface area contributed by atoms with Crippen molar-refractivity contribution < 1.29 is 14.8 Å². The maximum atomic E-state index is 10.6. The summed E-state index contributed by atoms with van der Waals surface area (Å²) < 4.78 is 0. The third-order valence-electron chi connectivity index (χ3n) is 1.99. The molecule has 5 heteroatoms. The van der Waals surface area contributed by atoms with Crippen molar-refractivity contribution in [3.63, 3.8) is 0 Å². The van der Waals surface area contributed by atoms with E-state index in [1.165, 1.54) is 0 Å². The fourth-order valence-corrected chi connectivity index (χ4v) is 1.17. The van der Waals surface area contributed by atoms with Crippen LogP contribution in [0.1, 0.15) is 10.4 Å². The number of benzene rings is 1. The number of carbonyl (C=O) groups is 1. The van der Waals surface area contributed by atoms with Gasteiger partial charge in [0, 0.05) is 25.3 Å². The Bertz CT molecular complexity index is 339. The molecule has 0 aromatic heterocycles. The monoisotopic (exact) mass is 193 g/mol. The van der Waals surface area contributed by atoms with Gasteiger partial charge in [-0.1, -0.05) is 0 Å². The number of aldehydes is 1. The third kappa shape index (κ3) is 2.13. The topological polar surface area (TPSA) is 60.8 Å². The number of hydrogen-bond donors (Lipinski definition) is 2. The molecular formula is C9H12BNO3. The molecule has 0 amide bonds. The van der Waals surface area contributed by atoms with Gasteiger partial charge in [0.25, 0.3) is 0 Å². The van der Waals surface area contributed by atoms with Crippen molar-refractivity contribution >= 4 is 24.6 Å². The Hall–Kier alpha value is -1.33. The van der Waals surface area contributed by atoms with Crippen LogP contribution in [0.3, 0.4) is 0 Å². The molecule has 14 heavy (non-hydrogen) atoms. The molecule has 0 aliphatic rings. The van der Waals surface area contributed by atoms with E-state index in [4.69, 9.17) is 10.0 Å². The first-order valence-electron chi connectivity index (χ1n) is 4.19. The van der Waals surface area contributed by atoms with Gasteiger partial charge in [-0.2, -0.15) is 0 Å². The molecule has 0 saturated heterocycles. The van der Waals surface area contributed by atoms with Crippen LogP contribution in [0, 0.1) is 0 Å². The van der Waals surface area contributed by atoms with Gasteiger partial charge in [-0.25, -0.2) is 0 Å². The lowest BCUT2D eigenvalue weighted by atomic mass is 9.77. The smallest absolute Gasteiger partial charge is 0.423 e. The van der Waals surface area contributed by atoms with E-state index in [1.807, 2.05) is 19.0 Å². The van der Waals surface area contributed by atoms with Gasteiger partial charge in [0.05, 0.1) is 0 Å². The van der Waals surface area contributed by atoms with Crippen LogP contribution in [0.2, 0.25) is 0 Å². The van der Waals surface area contributed by atoms with E-state index in [0.29, 0.717) is 11.8 Å². The van der Waals surface area contributed by atoms with Gasteiger partial charge in [-0.15, -0.1) is 0 Å². The average Bonchev–Trinajstić information content (AvgIpc) is 2.16. The van der Waals surface area contributed by atoms with Gasteiger partial charge in [-0.3, -0.25) is 4.79 Å². The predicted octanol–water partition coefficient (Wildman–Crippen LogP) is -0.755. The van der Waals surface area contributed by atoms with Gasteiger partial charge in [-0.05, 0) is 23.7 Å². The molecule has 0 heterocycles. The van der Waals surface area contributed by atoms with Crippen LogP contribution in [0.4, 0.5) is 5.69 Å². The van der Waals surface area contributed by atoms with Crippen molar-refractivity contribution in [2.75, 3.05) is 19.0 Å². The molecule has 0 bridgehead atoms. The van der Waals surface area contributed by atoms with E-state index in [-0.39, 0.29) is 5.46 Å². The highest BCUT2D eigenvalue weighted by molar-refractivity contribution is 6.60. The van der Waals surface area contributed by atoms with Gasteiger partial charge < -0.3 is 14.9 Å². The summed E-state index contributed by atoms with van der Waals surface area (Å²) in [5.41, 5.74) is 1.34. The van der Waals surface area contributed by atoms with Crippen molar-refractivity contribution in [2.45, 2.75) is 0 Å². The summed E-state index contributed by atoms with van der Waals surface area (Å²) in [6.45, 7) is 0. The van der Waals surface area contributed by atoms with E-state index in [2.05, 4.69) is 0 Å². The fraction of sp³-hybridized carbons (Fsp3) is 0.222. The lowest BCUT2D eigenvalue weighted by molar-refractivity contribution is 0.112. The number of nitrogens with zero attached hydrogens (tertiary/aromatic N) is 1. The summed E-state index contributed by atoms with van der Waals surface area (Å²) in [5, 5.41) is 18.0. The van der Waals surface area contributed by atoms with Crippen LogP contribution in [0.15, 0.2) is 18.2 Å². The predicted molar refractivity (Wildman–Crippen MR) is 56.0 cm³/mol. The summed E-state index contributed by atoms with van der Waals surface area (Å²) in [5.74, 6) is 0. The first kappa shape index (κ1) is 10.8. The lowest BCUT2D eigenvalue weighted by Crippen LogP contribution is -2.33. The maximum Gasteiger partial charge on any atom is 0.489 e. The summed E-state index contributed by atoms with van der Waals surface area (Å²) in [4.78, 5) is 12.4. The third-order valence-corrected chi connectivity index (χ3v) is 1.99. The number of carbonyl (C=O) groups excluding carboxylic acids is 1. The molecule has 0 aliphatic heterocycles. The SMILES string of the molecule is CN(C)c1ccc(C=O)c(B(O)O)c1. The Morgan fingerprint density at radius 2 is 2.00 bits per heavy atom. The van der Waals surface area contributed by atoms with E-state index in [9.17, 15) is 4.79 Å². The molecule has 1 aromatic carbocycles.